The summed E-state index contributed by atoms with van der Waals surface area (Å²) >= 11 is 0. The number of fused-ring (bicyclic) bond motifs is 1. The molecule has 0 amide bonds. The molecule has 0 radical (unpaired) electrons. The van der Waals surface area contributed by atoms with Gasteiger partial charge >= 0.3 is 5.97 Å². The fraction of sp³-hybridized carbons (Fsp3) is 0.333. The van der Waals surface area contributed by atoms with Crippen LogP contribution < -0.4 is 20.1 Å². The molecule has 42 heavy (non-hydrogen) atoms. The molecular formula is C33H38N4O5. The van der Waals surface area contributed by atoms with E-state index in [1.54, 1.807) is 25.3 Å². The maximum absolute atomic E-state index is 13.6. The van der Waals surface area contributed by atoms with Gasteiger partial charge in [-0.25, -0.2) is 0 Å². The number of methoxy groups -OCH3 is 1. The highest BCUT2D eigenvalue weighted by molar-refractivity contribution is 6.16. The number of nitrogens with two attached hydrogens (primary N) is 1. The number of piperazine rings is 1. The van der Waals surface area contributed by atoms with Gasteiger partial charge in [0, 0.05) is 73.9 Å². The second-order valence-electron chi connectivity index (χ2n) is 10.5. The van der Waals surface area contributed by atoms with E-state index in [9.17, 15) is 9.59 Å². The molecule has 220 valence electrons. The lowest BCUT2D eigenvalue weighted by molar-refractivity contribution is -0.137. The van der Waals surface area contributed by atoms with E-state index in [0.717, 1.165) is 61.5 Å². The Morgan fingerprint density at radius 1 is 0.905 bits per heavy atom. The number of benzene rings is 3. The van der Waals surface area contributed by atoms with Crippen molar-refractivity contribution in [3.8, 4) is 11.5 Å². The minimum Gasteiger partial charge on any atom is -0.495 e. The summed E-state index contributed by atoms with van der Waals surface area (Å²) in [5, 5.41) is 9.85. The second kappa shape index (κ2) is 13.4. The van der Waals surface area contributed by atoms with Crippen molar-refractivity contribution in [1.82, 2.24) is 9.47 Å². The number of nitrogens with zero attached hydrogens (tertiary/aromatic N) is 3. The Morgan fingerprint density at radius 3 is 2.45 bits per heavy atom. The number of carboxylic acid groups (broad SMARTS) is 1. The first-order valence-corrected chi connectivity index (χ1v) is 14.4. The summed E-state index contributed by atoms with van der Waals surface area (Å²) in [6.45, 7) is 5.74. The molecule has 5 rings (SSSR count). The Bertz CT molecular complexity index is 1540. The number of aliphatic carboxylic acids is 1. The van der Waals surface area contributed by atoms with E-state index in [0.29, 0.717) is 42.1 Å². The minimum atomic E-state index is -0.830. The van der Waals surface area contributed by atoms with Crippen LogP contribution in [0.2, 0.25) is 0 Å². The van der Waals surface area contributed by atoms with Gasteiger partial charge in [0.1, 0.15) is 11.5 Å². The molecule has 1 saturated heterocycles. The van der Waals surface area contributed by atoms with Gasteiger partial charge < -0.3 is 29.8 Å². The molecular weight excluding hydrogens is 532 g/mol. The van der Waals surface area contributed by atoms with Crippen molar-refractivity contribution in [2.75, 3.05) is 57.1 Å². The largest absolute Gasteiger partial charge is 0.495 e. The summed E-state index contributed by atoms with van der Waals surface area (Å²) in [7, 11) is 1.71. The van der Waals surface area contributed by atoms with Crippen LogP contribution in [-0.2, 0) is 11.3 Å². The normalized spacial score (nSPS) is 13.8. The third kappa shape index (κ3) is 6.69. The molecule has 0 spiro atoms. The molecule has 0 bridgehead atoms. The third-order valence-corrected chi connectivity index (χ3v) is 7.77. The van der Waals surface area contributed by atoms with E-state index < -0.39 is 5.97 Å². The zero-order valence-electron chi connectivity index (χ0n) is 24.0. The van der Waals surface area contributed by atoms with Crippen LogP contribution in [0.5, 0.6) is 11.5 Å². The zero-order valence-corrected chi connectivity index (χ0v) is 24.0. The van der Waals surface area contributed by atoms with Crippen LogP contribution >= 0.6 is 0 Å². The maximum Gasteiger partial charge on any atom is 0.303 e. The van der Waals surface area contributed by atoms with Gasteiger partial charge in [-0.05, 0) is 49.2 Å². The number of hydrogen-bond donors (Lipinski definition) is 2. The van der Waals surface area contributed by atoms with E-state index in [4.69, 9.17) is 20.3 Å². The number of rotatable bonds is 13. The molecule has 0 atom stereocenters. The molecule has 1 fully saturated rings. The number of ether oxygens (including phenoxy) is 2. The first-order chi connectivity index (χ1) is 20.4. The van der Waals surface area contributed by atoms with Crippen molar-refractivity contribution in [2.45, 2.75) is 25.8 Å². The molecule has 1 aliphatic rings. The Morgan fingerprint density at radius 2 is 1.67 bits per heavy atom. The summed E-state index contributed by atoms with van der Waals surface area (Å²) in [5.41, 5.74) is 9.81. The van der Waals surface area contributed by atoms with Crippen LogP contribution in [0.1, 0.15) is 35.2 Å². The standard InChI is InChI=1S/C33H38N4O5/c1-41-30-11-5-4-10-29(30)36-19-17-35(18-20-36)15-7-21-42-31-22-24(13-14-27(31)34)33(40)26-23-37(16-6-12-32(38)39)28-9-3-2-8-25(26)28/h2-5,8-11,13-14,22-23H,6-7,12,15-21,34H2,1H3,(H,38,39). The molecule has 0 saturated carbocycles. The van der Waals surface area contributed by atoms with E-state index in [1.165, 1.54) is 0 Å². The van der Waals surface area contributed by atoms with Gasteiger partial charge in [-0.3, -0.25) is 14.5 Å². The molecule has 9 heteroatoms. The van der Waals surface area contributed by atoms with Crippen LogP contribution in [0, 0.1) is 0 Å². The van der Waals surface area contributed by atoms with Crippen LogP contribution in [-0.4, -0.2) is 72.8 Å². The first-order valence-electron chi connectivity index (χ1n) is 14.4. The molecule has 0 aliphatic carbocycles. The third-order valence-electron chi connectivity index (χ3n) is 7.77. The number of carbonyl (C=O) groups excluding carboxylic acids is 1. The molecule has 3 N–H and O–H groups in total. The summed E-state index contributed by atoms with van der Waals surface area (Å²) < 4.78 is 13.5. The van der Waals surface area contributed by atoms with Crippen molar-refractivity contribution in [2.24, 2.45) is 0 Å². The first kappa shape index (κ1) is 29.0. The van der Waals surface area contributed by atoms with E-state index in [-0.39, 0.29) is 12.2 Å². The van der Waals surface area contributed by atoms with Gasteiger partial charge in [0.25, 0.3) is 0 Å². The number of para-hydroxylation sites is 3. The highest BCUT2D eigenvalue weighted by atomic mass is 16.5. The SMILES string of the molecule is COc1ccccc1N1CCN(CCCOc2cc(C(=O)c3cn(CCCC(=O)O)c4ccccc34)ccc2N)CC1. The van der Waals surface area contributed by atoms with Crippen molar-refractivity contribution in [3.63, 3.8) is 0 Å². The fourth-order valence-corrected chi connectivity index (χ4v) is 5.54. The van der Waals surface area contributed by atoms with Crippen LogP contribution in [0.25, 0.3) is 10.9 Å². The highest BCUT2D eigenvalue weighted by Gasteiger charge is 2.20. The average molecular weight is 571 g/mol. The Labute approximate surface area is 246 Å². The summed E-state index contributed by atoms with van der Waals surface area (Å²) in [6.07, 6.45) is 3.22. The molecule has 1 aliphatic heterocycles. The summed E-state index contributed by atoms with van der Waals surface area (Å²) in [4.78, 5) is 29.4. The van der Waals surface area contributed by atoms with Gasteiger partial charge in [-0.2, -0.15) is 0 Å². The zero-order chi connectivity index (χ0) is 29.5. The summed E-state index contributed by atoms with van der Waals surface area (Å²) in [6, 6.07) is 21.0. The number of carboxylic acids is 1. The van der Waals surface area contributed by atoms with E-state index in [1.807, 2.05) is 53.2 Å². The quantitative estimate of drug-likeness (QED) is 0.132. The minimum absolute atomic E-state index is 0.0770. The number of hydrogen-bond acceptors (Lipinski definition) is 7. The monoisotopic (exact) mass is 570 g/mol. The number of aryl methyl sites for hydroxylation is 1. The van der Waals surface area contributed by atoms with Gasteiger partial charge in [-0.15, -0.1) is 0 Å². The number of aromatic nitrogens is 1. The van der Waals surface area contributed by atoms with Crippen LogP contribution in [0.3, 0.4) is 0 Å². The number of carbonyl (C=O) groups is 2. The lowest BCUT2D eigenvalue weighted by atomic mass is 10.0. The number of nitrogen functional groups attached to an aromatic ring is 1. The smallest absolute Gasteiger partial charge is 0.303 e. The van der Waals surface area contributed by atoms with Gasteiger partial charge in [0.15, 0.2) is 5.78 Å². The van der Waals surface area contributed by atoms with Crippen molar-refractivity contribution in [1.29, 1.82) is 0 Å². The highest BCUT2D eigenvalue weighted by Crippen LogP contribution is 2.30. The van der Waals surface area contributed by atoms with Crippen molar-refractivity contribution < 1.29 is 24.2 Å². The van der Waals surface area contributed by atoms with Crippen molar-refractivity contribution in [3.05, 3.63) is 84.1 Å². The molecule has 2 heterocycles. The van der Waals surface area contributed by atoms with Gasteiger partial charge in [-0.1, -0.05) is 30.3 Å². The molecule has 3 aromatic carbocycles. The number of ketones is 1. The molecule has 9 nitrogen and oxygen atoms in total. The lowest BCUT2D eigenvalue weighted by Crippen LogP contribution is -2.46. The van der Waals surface area contributed by atoms with Gasteiger partial charge in [0.2, 0.25) is 0 Å². The number of anilines is 2. The van der Waals surface area contributed by atoms with Crippen LogP contribution in [0.15, 0.2) is 72.9 Å². The lowest BCUT2D eigenvalue weighted by Gasteiger charge is -2.36. The molecule has 1 aromatic heterocycles. The van der Waals surface area contributed by atoms with Crippen LogP contribution in [0.4, 0.5) is 11.4 Å². The topological polar surface area (TPSA) is 110 Å². The predicted octanol–water partition coefficient (Wildman–Crippen LogP) is 4.92. The summed E-state index contributed by atoms with van der Waals surface area (Å²) in [5.74, 6) is 0.455. The molecule has 0 unspecified atom stereocenters. The van der Waals surface area contributed by atoms with Crippen molar-refractivity contribution >= 4 is 34.0 Å². The predicted molar refractivity (Wildman–Crippen MR) is 165 cm³/mol. The average Bonchev–Trinajstić information content (AvgIpc) is 3.38. The Kier molecular flexibility index (Phi) is 9.28. The Hall–Kier alpha value is -4.50. The fourth-order valence-electron chi connectivity index (χ4n) is 5.54. The van der Waals surface area contributed by atoms with E-state index >= 15 is 0 Å². The van der Waals surface area contributed by atoms with E-state index in [2.05, 4.69) is 15.9 Å². The Balaban J connectivity index is 1.17. The second-order valence-corrected chi connectivity index (χ2v) is 10.5. The maximum atomic E-state index is 13.6. The molecule has 4 aromatic rings. The van der Waals surface area contributed by atoms with Gasteiger partial charge in [0.05, 0.1) is 25.1 Å².